The molecule has 1 saturated carbocycles. The van der Waals surface area contributed by atoms with E-state index in [2.05, 4.69) is 12.2 Å². The predicted octanol–water partition coefficient (Wildman–Crippen LogP) is 1.89. The van der Waals surface area contributed by atoms with Gasteiger partial charge in [-0.2, -0.15) is 0 Å². The molecule has 3 heterocycles. The fourth-order valence-corrected chi connectivity index (χ4v) is 5.32. The van der Waals surface area contributed by atoms with Crippen LogP contribution in [0.1, 0.15) is 25.7 Å². The molecule has 3 saturated heterocycles. The van der Waals surface area contributed by atoms with Crippen LogP contribution in [0.2, 0.25) is 0 Å². The number of carbonyl (C=O) groups excluding carboxylic acids is 1. The normalized spacial score (nSPS) is 54.6. The van der Waals surface area contributed by atoms with Gasteiger partial charge < -0.3 is 14.2 Å². The molecule has 0 N–H and O–H groups in total. The highest BCUT2D eigenvalue weighted by Crippen LogP contribution is 2.61. The highest BCUT2D eigenvalue weighted by atomic mass is 16.7. The molecule has 108 valence electrons. The molecule has 0 aromatic heterocycles. The molecular weight excluding hydrogens is 256 g/mol. The van der Waals surface area contributed by atoms with Gasteiger partial charge in [-0.15, -0.1) is 0 Å². The Hall–Kier alpha value is -0.870. The summed E-state index contributed by atoms with van der Waals surface area (Å²) in [6, 6.07) is 0. The molecule has 0 aromatic rings. The molecule has 2 aliphatic carbocycles. The summed E-state index contributed by atoms with van der Waals surface area (Å²) in [7, 11) is 0. The van der Waals surface area contributed by atoms with Gasteiger partial charge in [-0.05, 0) is 42.9 Å². The second-order valence-electron chi connectivity index (χ2n) is 6.96. The largest absolute Gasteiger partial charge is 0.435 e. The summed E-state index contributed by atoms with van der Waals surface area (Å²) < 4.78 is 17.1. The van der Waals surface area contributed by atoms with Crippen LogP contribution in [0.4, 0.5) is 0 Å². The first kappa shape index (κ1) is 11.8. The number of ether oxygens (including phenoxy) is 3. The van der Waals surface area contributed by atoms with Gasteiger partial charge in [-0.1, -0.05) is 12.2 Å². The molecule has 0 radical (unpaired) electrons. The monoisotopic (exact) mass is 276 g/mol. The minimum absolute atomic E-state index is 0.0572. The van der Waals surface area contributed by atoms with Crippen molar-refractivity contribution >= 4 is 5.97 Å². The zero-order chi connectivity index (χ0) is 13.3. The number of allylic oxidation sites excluding steroid dienone is 2. The molecule has 3 aliphatic heterocycles. The molecule has 4 bridgehead atoms. The molecule has 8 unspecified atom stereocenters. The zero-order valence-corrected chi connectivity index (χ0v) is 11.4. The summed E-state index contributed by atoms with van der Waals surface area (Å²) in [5, 5.41) is 0. The third-order valence-corrected chi connectivity index (χ3v) is 6.04. The molecule has 20 heavy (non-hydrogen) atoms. The average molecular weight is 276 g/mol. The Kier molecular flexibility index (Phi) is 2.40. The van der Waals surface area contributed by atoms with E-state index in [1.165, 1.54) is 6.42 Å². The first-order valence-electron chi connectivity index (χ1n) is 7.97. The van der Waals surface area contributed by atoms with Crippen LogP contribution < -0.4 is 0 Å². The van der Waals surface area contributed by atoms with E-state index in [4.69, 9.17) is 14.2 Å². The summed E-state index contributed by atoms with van der Waals surface area (Å²) >= 11 is 0. The molecule has 4 heteroatoms. The first-order chi connectivity index (χ1) is 9.81. The van der Waals surface area contributed by atoms with Crippen LogP contribution in [0, 0.1) is 29.6 Å². The number of carbonyl (C=O) groups is 1. The summed E-state index contributed by atoms with van der Waals surface area (Å²) in [6.07, 6.45) is 8.75. The standard InChI is InChI=1S/C16H20O4/c17-16(20-12-2-1-5-18-12)10-7-11-13-8-3-4-9(6-8)14(13)15(10)19-11/h3-4,8-15H,1-2,5-7H2. The Labute approximate surface area is 118 Å². The summed E-state index contributed by atoms with van der Waals surface area (Å²) in [6.45, 7) is 0.713. The average Bonchev–Trinajstić information content (AvgIpc) is 3.22. The molecule has 5 aliphatic rings. The van der Waals surface area contributed by atoms with Crippen molar-refractivity contribution in [3.05, 3.63) is 12.2 Å². The van der Waals surface area contributed by atoms with Gasteiger partial charge in [0.15, 0.2) is 0 Å². The van der Waals surface area contributed by atoms with Crippen LogP contribution in [-0.4, -0.2) is 31.1 Å². The van der Waals surface area contributed by atoms with E-state index in [0.717, 1.165) is 19.3 Å². The summed E-state index contributed by atoms with van der Waals surface area (Å²) in [5.74, 6) is 2.42. The summed E-state index contributed by atoms with van der Waals surface area (Å²) in [4.78, 5) is 12.4. The number of rotatable bonds is 2. The second kappa shape index (κ2) is 4.08. The molecule has 0 spiro atoms. The van der Waals surface area contributed by atoms with Crippen LogP contribution in [0.25, 0.3) is 0 Å². The predicted molar refractivity (Wildman–Crippen MR) is 69.6 cm³/mol. The van der Waals surface area contributed by atoms with Crippen LogP contribution in [0.5, 0.6) is 0 Å². The van der Waals surface area contributed by atoms with Crippen molar-refractivity contribution in [3.63, 3.8) is 0 Å². The third-order valence-electron chi connectivity index (χ3n) is 6.04. The maximum absolute atomic E-state index is 12.4. The Morgan fingerprint density at radius 2 is 2.00 bits per heavy atom. The third kappa shape index (κ3) is 1.47. The zero-order valence-electron chi connectivity index (χ0n) is 11.4. The van der Waals surface area contributed by atoms with E-state index in [1.807, 2.05) is 0 Å². The van der Waals surface area contributed by atoms with Crippen LogP contribution in [-0.2, 0) is 19.0 Å². The lowest BCUT2D eigenvalue weighted by Gasteiger charge is -2.32. The van der Waals surface area contributed by atoms with Gasteiger partial charge in [-0.3, -0.25) is 4.79 Å². The van der Waals surface area contributed by atoms with Gasteiger partial charge in [0.25, 0.3) is 0 Å². The number of esters is 1. The van der Waals surface area contributed by atoms with Gasteiger partial charge in [0.2, 0.25) is 6.29 Å². The van der Waals surface area contributed by atoms with Crippen molar-refractivity contribution in [2.45, 2.75) is 44.2 Å². The van der Waals surface area contributed by atoms with Crippen molar-refractivity contribution in [2.24, 2.45) is 29.6 Å². The van der Waals surface area contributed by atoms with Crippen molar-refractivity contribution < 1.29 is 19.0 Å². The topological polar surface area (TPSA) is 44.8 Å². The Bertz CT molecular complexity index is 467. The Morgan fingerprint density at radius 3 is 2.80 bits per heavy atom. The molecule has 8 atom stereocenters. The minimum atomic E-state index is -0.308. The molecular formula is C16H20O4. The fourth-order valence-electron chi connectivity index (χ4n) is 5.32. The number of hydrogen-bond acceptors (Lipinski definition) is 4. The van der Waals surface area contributed by atoms with Crippen molar-refractivity contribution in [3.8, 4) is 0 Å². The molecule has 5 rings (SSSR count). The van der Waals surface area contributed by atoms with Gasteiger partial charge in [0.1, 0.15) is 0 Å². The van der Waals surface area contributed by atoms with Gasteiger partial charge in [0, 0.05) is 6.42 Å². The molecule has 0 aromatic carbocycles. The van der Waals surface area contributed by atoms with Crippen LogP contribution >= 0.6 is 0 Å². The quantitative estimate of drug-likeness (QED) is 0.571. The SMILES string of the molecule is O=C(OC1CCCO1)C1CC2OC1C1C3C=CC(C3)C21. The summed E-state index contributed by atoms with van der Waals surface area (Å²) in [5.41, 5.74) is 0. The van der Waals surface area contributed by atoms with Gasteiger partial charge in [0.05, 0.1) is 24.7 Å². The van der Waals surface area contributed by atoms with Crippen LogP contribution in [0.3, 0.4) is 0 Å². The lowest BCUT2D eigenvalue weighted by molar-refractivity contribution is -0.177. The van der Waals surface area contributed by atoms with E-state index in [-0.39, 0.29) is 30.4 Å². The van der Waals surface area contributed by atoms with E-state index in [0.29, 0.717) is 30.3 Å². The Morgan fingerprint density at radius 1 is 1.15 bits per heavy atom. The molecule has 4 fully saturated rings. The first-order valence-corrected chi connectivity index (χ1v) is 7.97. The van der Waals surface area contributed by atoms with E-state index in [9.17, 15) is 4.79 Å². The second-order valence-corrected chi connectivity index (χ2v) is 6.96. The molecule has 0 amide bonds. The maximum Gasteiger partial charge on any atom is 0.313 e. The van der Waals surface area contributed by atoms with Gasteiger partial charge in [-0.25, -0.2) is 0 Å². The number of fused-ring (bicyclic) bond motifs is 9. The number of hydrogen-bond donors (Lipinski definition) is 0. The molecule has 4 nitrogen and oxygen atoms in total. The van der Waals surface area contributed by atoms with Crippen molar-refractivity contribution in [1.82, 2.24) is 0 Å². The maximum atomic E-state index is 12.4. The van der Waals surface area contributed by atoms with E-state index in [1.54, 1.807) is 0 Å². The minimum Gasteiger partial charge on any atom is -0.435 e. The highest BCUT2D eigenvalue weighted by Gasteiger charge is 2.64. The van der Waals surface area contributed by atoms with Crippen molar-refractivity contribution in [2.75, 3.05) is 6.61 Å². The fraction of sp³-hybridized carbons (Fsp3) is 0.812. The Balaban J connectivity index is 1.32. The van der Waals surface area contributed by atoms with Crippen LogP contribution in [0.15, 0.2) is 12.2 Å². The van der Waals surface area contributed by atoms with Crippen molar-refractivity contribution in [1.29, 1.82) is 0 Å². The van der Waals surface area contributed by atoms with E-state index < -0.39 is 0 Å². The lowest BCUT2D eigenvalue weighted by atomic mass is 9.69. The highest BCUT2D eigenvalue weighted by molar-refractivity contribution is 5.74. The van der Waals surface area contributed by atoms with E-state index >= 15 is 0 Å². The lowest BCUT2D eigenvalue weighted by Crippen LogP contribution is -2.40. The van der Waals surface area contributed by atoms with Gasteiger partial charge >= 0.3 is 5.97 Å². The smallest absolute Gasteiger partial charge is 0.313 e.